The minimum absolute atomic E-state index is 0.802. The van der Waals surface area contributed by atoms with Crippen LogP contribution in [-0.4, -0.2) is 13.1 Å². The lowest BCUT2D eigenvalue weighted by molar-refractivity contribution is 0.419. The SMILES string of the molecule is c1cc(C2CCNCC2)ccc1C1CCC1. The van der Waals surface area contributed by atoms with Crippen LogP contribution in [0.15, 0.2) is 24.3 Å². The standard InChI is InChI=1S/C15H21N/c1-2-12(3-1)13-4-6-14(7-5-13)15-8-10-16-11-9-15/h4-7,12,15-16H,1-3,8-11H2. The van der Waals surface area contributed by atoms with E-state index >= 15 is 0 Å². The predicted octanol–water partition coefficient (Wildman–Crippen LogP) is 3.42. The van der Waals surface area contributed by atoms with Crippen LogP contribution < -0.4 is 5.32 Å². The normalized spacial score (nSPS) is 23.0. The van der Waals surface area contributed by atoms with Gasteiger partial charge in [0.2, 0.25) is 0 Å². The molecule has 86 valence electrons. The van der Waals surface area contributed by atoms with Crippen molar-refractivity contribution in [3.63, 3.8) is 0 Å². The van der Waals surface area contributed by atoms with E-state index in [1.54, 1.807) is 11.1 Å². The zero-order valence-corrected chi connectivity index (χ0v) is 9.91. The van der Waals surface area contributed by atoms with Gasteiger partial charge in [-0.25, -0.2) is 0 Å². The maximum atomic E-state index is 3.43. The second-order valence-corrected chi connectivity index (χ2v) is 5.32. The van der Waals surface area contributed by atoms with Gasteiger partial charge in [0.15, 0.2) is 0 Å². The van der Waals surface area contributed by atoms with Crippen LogP contribution in [0.1, 0.15) is 55.1 Å². The van der Waals surface area contributed by atoms with Crippen LogP contribution in [0.2, 0.25) is 0 Å². The summed E-state index contributed by atoms with van der Waals surface area (Å²) >= 11 is 0. The van der Waals surface area contributed by atoms with Gasteiger partial charge in [-0.1, -0.05) is 30.7 Å². The molecule has 0 radical (unpaired) electrons. The first-order valence-electron chi connectivity index (χ1n) is 6.74. The van der Waals surface area contributed by atoms with Gasteiger partial charge in [-0.3, -0.25) is 0 Å². The smallest absolute Gasteiger partial charge is 0.00431 e. The topological polar surface area (TPSA) is 12.0 Å². The van der Waals surface area contributed by atoms with Crippen LogP contribution in [-0.2, 0) is 0 Å². The monoisotopic (exact) mass is 215 g/mol. The minimum Gasteiger partial charge on any atom is -0.317 e. The summed E-state index contributed by atoms with van der Waals surface area (Å²) in [5, 5.41) is 3.43. The minimum atomic E-state index is 0.802. The average molecular weight is 215 g/mol. The highest BCUT2D eigenvalue weighted by molar-refractivity contribution is 5.29. The van der Waals surface area contributed by atoms with E-state index in [0.717, 1.165) is 11.8 Å². The van der Waals surface area contributed by atoms with Gasteiger partial charge in [0, 0.05) is 0 Å². The Hall–Kier alpha value is -0.820. The highest BCUT2D eigenvalue weighted by atomic mass is 14.9. The van der Waals surface area contributed by atoms with Crippen LogP contribution in [0.3, 0.4) is 0 Å². The van der Waals surface area contributed by atoms with E-state index in [2.05, 4.69) is 29.6 Å². The number of hydrogen-bond donors (Lipinski definition) is 1. The molecular formula is C15H21N. The third kappa shape index (κ3) is 2.01. The quantitative estimate of drug-likeness (QED) is 0.797. The van der Waals surface area contributed by atoms with Crippen molar-refractivity contribution in [2.24, 2.45) is 0 Å². The van der Waals surface area contributed by atoms with Crippen LogP contribution in [0.25, 0.3) is 0 Å². The molecule has 1 saturated carbocycles. The molecule has 1 aliphatic carbocycles. The van der Waals surface area contributed by atoms with Crippen molar-refractivity contribution in [3.8, 4) is 0 Å². The molecule has 1 aliphatic heterocycles. The molecule has 0 bridgehead atoms. The average Bonchev–Trinajstić information content (AvgIpc) is 2.29. The molecule has 16 heavy (non-hydrogen) atoms. The summed E-state index contributed by atoms with van der Waals surface area (Å²) in [5.74, 6) is 1.68. The van der Waals surface area contributed by atoms with Gasteiger partial charge in [0.05, 0.1) is 0 Å². The molecule has 1 aromatic carbocycles. The summed E-state index contributed by atoms with van der Waals surface area (Å²) in [6.07, 6.45) is 6.87. The molecule has 0 aromatic heterocycles. The van der Waals surface area contributed by atoms with E-state index in [0.29, 0.717) is 0 Å². The molecule has 1 heteroatoms. The molecular weight excluding hydrogens is 194 g/mol. The number of hydrogen-bond acceptors (Lipinski definition) is 1. The van der Waals surface area contributed by atoms with Gasteiger partial charge in [0.1, 0.15) is 0 Å². The molecule has 0 atom stereocenters. The predicted molar refractivity (Wildman–Crippen MR) is 67.9 cm³/mol. The summed E-state index contributed by atoms with van der Waals surface area (Å²) in [6, 6.07) is 9.51. The molecule has 1 aromatic rings. The van der Waals surface area contributed by atoms with E-state index in [1.807, 2.05) is 0 Å². The van der Waals surface area contributed by atoms with Crippen LogP contribution >= 0.6 is 0 Å². The summed E-state index contributed by atoms with van der Waals surface area (Å²) in [6.45, 7) is 2.38. The summed E-state index contributed by atoms with van der Waals surface area (Å²) in [4.78, 5) is 0. The summed E-state index contributed by atoms with van der Waals surface area (Å²) in [5.41, 5.74) is 3.13. The molecule has 1 nitrogen and oxygen atoms in total. The number of benzene rings is 1. The number of nitrogens with one attached hydrogen (secondary N) is 1. The van der Waals surface area contributed by atoms with Gasteiger partial charge in [-0.2, -0.15) is 0 Å². The first-order valence-corrected chi connectivity index (χ1v) is 6.74. The van der Waals surface area contributed by atoms with Crippen molar-refractivity contribution >= 4 is 0 Å². The van der Waals surface area contributed by atoms with E-state index in [1.165, 1.54) is 45.2 Å². The molecule has 0 amide bonds. The first kappa shape index (κ1) is 10.3. The van der Waals surface area contributed by atoms with Gasteiger partial charge in [-0.15, -0.1) is 0 Å². The Morgan fingerprint density at radius 2 is 1.25 bits per heavy atom. The van der Waals surface area contributed by atoms with Crippen molar-refractivity contribution in [1.29, 1.82) is 0 Å². The van der Waals surface area contributed by atoms with E-state index in [-0.39, 0.29) is 0 Å². The van der Waals surface area contributed by atoms with Gasteiger partial charge in [-0.05, 0) is 61.7 Å². The molecule has 0 unspecified atom stereocenters. The van der Waals surface area contributed by atoms with Gasteiger partial charge >= 0.3 is 0 Å². The molecule has 0 spiro atoms. The molecule has 1 N–H and O–H groups in total. The van der Waals surface area contributed by atoms with Crippen molar-refractivity contribution in [2.75, 3.05) is 13.1 Å². The van der Waals surface area contributed by atoms with Gasteiger partial charge in [0.25, 0.3) is 0 Å². The summed E-state index contributed by atoms with van der Waals surface area (Å²) in [7, 11) is 0. The second kappa shape index (κ2) is 4.58. The van der Waals surface area contributed by atoms with Crippen molar-refractivity contribution in [2.45, 2.75) is 43.9 Å². The van der Waals surface area contributed by atoms with Crippen molar-refractivity contribution in [3.05, 3.63) is 35.4 Å². The van der Waals surface area contributed by atoms with E-state index in [9.17, 15) is 0 Å². The fraction of sp³-hybridized carbons (Fsp3) is 0.600. The van der Waals surface area contributed by atoms with E-state index < -0.39 is 0 Å². The lowest BCUT2D eigenvalue weighted by atomic mass is 9.79. The highest BCUT2D eigenvalue weighted by Crippen LogP contribution is 2.37. The van der Waals surface area contributed by atoms with Crippen LogP contribution in [0.5, 0.6) is 0 Å². The van der Waals surface area contributed by atoms with Crippen molar-refractivity contribution < 1.29 is 0 Å². The lowest BCUT2D eigenvalue weighted by Crippen LogP contribution is -2.26. The number of piperidine rings is 1. The fourth-order valence-electron chi connectivity index (χ4n) is 2.94. The number of rotatable bonds is 2. The Labute approximate surface area is 98.3 Å². The zero-order valence-electron chi connectivity index (χ0n) is 9.91. The van der Waals surface area contributed by atoms with E-state index in [4.69, 9.17) is 0 Å². The maximum absolute atomic E-state index is 3.43. The van der Waals surface area contributed by atoms with Crippen molar-refractivity contribution in [1.82, 2.24) is 5.32 Å². The largest absolute Gasteiger partial charge is 0.317 e. The summed E-state index contributed by atoms with van der Waals surface area (Å²) < 4.78 is 0. The lowest BCUT2D eigenvalue weighted by Gasteiger charge is -2.27. The molecule has 2 fully saturated rings. The first-order chi connectivity index (χ1) is 7.93. The fourth-order valence-corrected chi connectivity index (χ4v) is 2.94. The molecule has 1 heterocycles. The maximum Gasteiger partial charge on any atom is -0.00431 e. The Morgan fingerprint density at radius 3 is 1.69 bits per heavy atom. The molecule has 1 saturated heterocycles. The van der Waals surface area contributed by atoms with Crippen LogP contribution in [0.4, 0.5) is 0 Å². The third-order valence-electron chi connectivity index (χ3n) is 4.32. The van der Waals surface area contributed by atoms with Crippen LogP contribution in [0, 0.1) is 0 Å². The molecule has 2 aliphatic rings. The third-order valence-corrected chi connectivity index (χ3v) is 4.32. The zero-order chi connectivity index (χ0) is 10.8. The Morgan fingerprint density at radius 1 is 0.750 bits per heavy atom. The highest BCUT2D eigenvalue weighted by Gasteiger charge is 2.20. The Kier molecular flexibility index (Phi) is 2.96. The Bertz CT molecular complexity index is 331. The van der Waals surface area contributed by atoms with Gasteiger partial charge < -0.3 is 5.32 Å². The second-order valence-electron chi connectivity index (χ2n) is 5.32. The Balaban J connectivity index is 1.70. The molecule has 3 rings (SSSR count).